The van der Waals surface area contributed by atoms with Crippen molar-refractivity contribution in [2.45, 2.75) is 38.0 Å². The highest BCUT2D eigenvalue weighted by atomic mass is 35.5. The molecule has 0 fully saturated rings. The molecule has 6 nitrogen and oxygen atoms in total. The molecule has 3 aromatic rings. The molecule has 0 saturated carbocycles. The Hall–Kier alpha value is -2.82. The molecular formula is C23H24ClN5OS. The van der Waals surface area contributed by atoms with Crippen molar-refractivity contribution in [1.29, 1.82) is 5.26 Å². The molecule has 1 atom stereocenters. The number of carbonyl (C=O) groups excluding carboxylic acids is 1. The normalized spacial score (nSPS) is 12.9. The fourth-order valence-corrected chi connectivity index (χ4v) is 3.74. The maximum atomic E-state index is 12.5. The third-order valence-corrected chi connectivity index (χ3v) is 6.34. The molecule has 1 N–H and O–H groups in total. The molecule has 1 aromatic heterocycles. The lowest BCUT2D eigenvalue weighted by molar-refractivity contribution is -0.120. The van der Waals surface area contributed by atoms with Crippen LogP contribution in [0.2, 0.25) is 5.02 Å². The third kappa shape index (κ3) is 5.66. The molecular weight excluding hydrogens is 430 g/mol. The number of thioether (sulfide) groups is 1. The molecule has 0 aliphatic carbocycles. The molecule has 31 heavy (non-hydrogen) atoms. The molecule has 0 aliphatic heterocycles. The van der Waals surface area contributed by atoms with E-state index < -0.39 is 5.54 Å². The van der Waals surface area contributed by atoms with Gasteiger partial charge in [-0.05, 0) is 42.7 Å². The highest BCUT2D eigenvalue weighted by Crippen LogP contribution is 2.26. The number of nitrogens with zero attached hydrogens (tertiary/aromatic N) is 4. The number of aromatic nitrogens is 3. The molecule has 1 unspecified atom stereocenters. The molecule has 3 rings (SSSR count). The van der Waals surface area contributed by atoms with Gasteiger partial charge in [0.1, 0.15) is 5.54 Å². The van der Waals surface area contributed by atoms with Gasteiger partial charge in [0.25, 0.3) is 0 Å². The summed E-state index contributed by atoms with van der Waals surface area (Å²) in [7, 11) is 0. The number of nitriles is 1. The lowest BCUT2D eigenvalue weighted by Crippen LogP contribution is -2.49. The van der Waals surface area contributed by atoms with Gasteiger partial charge in [-0.1, -0.05) is 67.5 Å². The Balaban J connectivity index is 1.83. The van der Waals surface area contributed by atoms with Gasteiger partial charge in [-0.15, -0.1) is 10.2 Å². The Morgan fingerprint density at radius 3 is 2.48 bits per heavy atom. The van der Waals surface area contributed by atoms with Crippen LogP contribution in [0, 0.1) is 17.2 Å². The Kier molecular flexibility index (Phi) is 7.37. The summed E-state index contributed by atoms with van der Waals surface area (Å²) >= 11 is 7.33. The molecule has 8 heteroatoms. The lowest BCUT2D eigenvalue weighted by Gasteiger charge is -2.27. The van der Waals surface area contributed by atoms with Gasteiger partial charge < -0.3 is 5.32 Å². The summed E-state index contributed by atoms with van der Waals surface area (Å²) in [5.41, 5.74) is 1.07. The molecule has 1 heterocycles. The second-order valence-corrected chi connectivity index (χ2v) is 9.07. The van der Waals surface area contributed by atoms with Gasteiger partial charge in [-0.2, -0.15) is 5.26 Å². The SMILES string of the molecule is CC(C)C(C)(C#N)NC(=O)CSc1nnc(-c2ccc(Cl)cc2)n1Cc1ccccc1. The summed E-state index contributed by atoms with van der Waals surface area (Å²) < 4.78 is 1.99. The first-order valence-corrected chi connectivity index (χ1v) is 11.3. The maximum absolute atomic E-state index is 12.5. The third-order valence-electron chi connectivity index (χ3n) is 5.12. The van der Waals surface area contributed by atoms with E-state index in [9.17, 15) is 10.1 Å². The van der Waals surface area contributed by atoms with Gasteiger partial charge in [-0.3, -0.25) is 9.36 Å². The van der Waals surface area contributed by atoms with Crippen LogP contribution >= 0.6 is 23.4 Å². The van der Waals surface area contributed by atoms with Crippen LogP contribution < -0.4 is 5.32 Å². The van der Waals surface area contributed by atoms with E-state index in [1.54, 1.807) is 6.92 Å². The Bertz CT molecular complexity index is 1080. The van der Waals surface area contributed by atoms with Crippen molar-refractivity contribution >= 4 is 29.3 Å². The standard InChI is InChI=1S/C23H24ClN5OS/c1-16(2)23(3,15-25)26-20(30)14-31-22-28-27-21(18-9-11-19(24)12-10-18)29(22)13-17-7-5-4-6-8-17/h4-12,16H,13-14H2,1-3H3,(H,26,30). The fourth-order valence-electron chi connectivity index (χ4n) is 2.87. The zero-order valence-corrected chi connectivity index (χ0v) is 19.2. The second kappa shape index (κ2) is 9.99. The summed E-state index contributed by atoms with van der Waals surface area (Å²) in [4.78, 5) is 12.5. The van der Waals surface area contributed by atoms with Crippen molar-refractivity contribution in [2.24, 2.45) is 5.92 Å². The van der Waals surface area contributed by atoms with Gasteiger partial charge in [0, 0.05) is 10.6 Å². The van der Waals surface area contributed by atoms with Crippen LogP contribution in [-0.4, -0.2) is 32.0 Å². The summed E-state index contributed by atoms with van der Waals surface area (Å²) in [5, 5.41) is 22.3. The number of hydrogen-bond donors (Lipinski definition) is 1. The average molecular weight is 454 g/mol. The molecule has 2 aromatic carbocycles. The predicted molar refractivity (Wildman–Crippen MR) is 124 cm³/mol. The average Bonchev–Trinajstić information content (AvgIpc) is 3.15. The van der Waals surface area contributed by atoms with Gasteiger partial charge in [0.2, 0.25) is 5.91 Å². The zero-order chi connectivity index (χ0) is 22.4. The van der Waals surface area contributed by atoms with E-state index in [-0.39, 0.29) is 17.6 Å². The number of carbonyl (C=O) groups is 1. The van der Waals surface area contributed by atoms with E-state index in [2.05, 4.69) is 21.6 Å². The topological polar surface area (TPSA) is 83.6 Å². The first-order valence-electron chi connectivity index (χ1n) is 9.90. The largest absolute Gasteiger partial charge is 0.337 e. The van der Waals surface area contributed by atoms with E-state index in [1.165, 1.54) is 11.8 Å². The van der Waals surface area contributed by atoms with Crippen molar-refractivity contribution in [1.82, 2.24) is 20.1 Å². The van der Waals surface area contributed by atoms with E-state index in [0.29, 0.717) is 22.5 Å². The fraction of sp³-hybridized carbons (Fsp3) is 0.304. The molecule has 160 valence electrons. The molecule has 0 bridgehead atoms. The minimum Gasteiger partial charge on any atom is -0.337 e. The minimum absolute atomic E-state index is 0.00955. The first kappa shape index (κ1) is 22.9. The van der Waals surface area contributed by atoms with Crippen molar-refractivity contribution in [3.8, 4) is 17.5 Å². The molecule has 0 spiro atoms. The number of benzene rings is 2. The van der Waals surface area contributed by atoms with Gasteiger partial charge in [-0.25, -0.2) is 0 Å². The van der Waals surface area contributed by atoms with Crippen LogP contribution in [0.4, 0.5) is 0 Å². The lowest BCUT2D eigenvalue weighted by atomic mass is 9.90. The minimum atomic E-state index is -0.913. The number of halogens is 1. The van der Waals surface area contributed by atoms with Crippen LogP contribution in [0.25, 0.3) is 11.4 Å². The van der Waals surface area contributed by atoms with Crippen LogP contribution in [-0.2, 0) is 11.3 Å². The van der Waals surface area contributed by atoms with Crippen LogP contribution in [0.15, 0.2) is 59.8 Å². The predicted octanol–water partition coefficient (Wildman–Crippen LogP) is 4.79. The van der Waals surface area contributed by atoms with Gasteiger partial charge in [0.15, 0.2) is 11.0 Å². The van der Waals surface area contributed by atoms with Crippen molar-refractivity contribution in [3.05, 3.63) is 65.2 Å². The molecule has 0 radical (unpaired) electrons. The Morgan fingerprint density at radius 1 is 1.19 bits per heavy atom. The van der Waals surface area contributed by atoms with E-state index >= 15 is 0 Å². The van der Waals surface area contributed by atoms with Crippen molar-refractivity contribution < 1.29 is 4.79 Å². The zero-order valence-electron chi connectivity index (χ0n) is 17.7. The van der Waals surface area contributed by atoms with Crippen LogP contribution in [0.3, 0.4) is 0 Å². The quantitative estimate of drug-likeness (QED) is 0.495. The van der Waals surface area contributed by atoms with Crippen molar-refractivity contribution in [2.75, 3.05) is 5.75 Å². The summed E-state index contributed by atoms with van der Waals surface area (Å²) in [6, 6.07) is 19.6. The van der Waals surface area contributed by atoms with Gasteiger partial charge >= 0.3 is 0 Å². The number of hydrogen-bond acceptors (Lipinski definition) is 5. The Morgan fingerprint density at radius 2 is 1.87 bits per heavy atom. The number of amides is 1. The summed E-state index contributed by atoms with van der Waals surface area (Å²) in [5.74, 6) is 0.611. The van der Waals surface area contributed by atoms with E-state index in [4.69, 9.17) is 11.6 Å². The monoisotopic (exact) mass is 453 g/mol. The maximum Gasteiger partial charge on any atom is 0.231 e. The van der Waals surface area contributed by atoms with Crippen LogP contribution in [0.1, 0.15) is 26.3 Å². The highest BCUT2D eigenvalue weighted by Gasteiger charge is 2.30. The molecule has 1 amide bonds. The highest BCUT2D eigenvalue weighted by molar-refractivity contribution is 7.99. The molecule has 0 saturated heterocycles. The number of rotatable bonds is 8. The Labute approximate surface area is 191 Å². The van der Waals surface area contributed by atoms with Crippen molar-refractivity contribution in [3.63, 3.8) is 0 Å². The van der Waals surface area contributed by atoms with E-state index in [1.807, 2.05) is 73.0 Å². The van der Waals surface area contributed by atoms with Crippen LogP contribution in [0.5, 0.6) is 0 Å². The summed E-state index contributed by atoms with van der Waals surface area (Å²) in [6.45, 7) is 6.12. The second-order valence-electron chi connectivity index (χ2n) is 7.69. The first-order chi connectivity index (χ1) is 14.8. The van der Waals surface area contributed by atoms with E-state index in [0.717, 1.165) is 11.1 Å². The van der Waals surface area contributed by atoms with Gasteiger partial charge in [0.05, 0.1) is 18.4 Å². The molecule has 0 aliphatic rings. The summed E-state index contributed by atoms with van der Waals surface area (Å²) in [6.07, 6.45) is 0. The number of nitrogens with one attached hydrogen (secondary N) is 1. The smallest absolute Gasteiger partial charge is 0.231 e.